The average molecular weight is 417 g/mol. The fraction of sp³-hybridized carbons (Fsp3) is 0.476. The molecule has 2 heterocycles. The molecule has 1 aromatic heterocycles. The van der Waals surface area contributed by atoms with E-state index >= 15 is 0 Å². The maximum Gasteiger partial charge on any atom is 0.234 e. The minimum atomic E-state index is -0.146. The third-order valence-electron chi connectivity index (χ3n) is 4.83. The van der Waals surface area contributed by atoms with Crippen molar-refractivity contribution >= 4 is 29.2 Å². The molecule has 7 nitrogen and oxygen atoms in total. The highest BCUT2D eigenvalue weighted by atomic mass is 32.2. The highest BCUT2D eigenvalue weighted by molar-refractivity contribution is 7.99. The van der Waals surface area contributed by atoms with E-state index in [9.17, 15) is 4.79 Å². The van der Waals surface area contributed by atoms with Crippen LogP contribution in [0.5, 0.6) is 11.5 Å². The Balaban J connectivity index is 1.59. The summed E-state index contributed by atoms with van der Waals surface area (Å²) in [5.74, 6) is 3.51. The molecule has 2 unspecified atom stereocenters. The monoisotopic (exact) mass is 416 g/mol. The topological polar surface area (TPSA) is 76.6 Å². The van der Waals surface area contributed by atoms with Crippen LogP contribution in [0.4, 0.5) is 11.5 Å². The molecular weight excluding hydrogens is 388 g/mol. The van der Waals surface area contributed by atoms with E-state index in [2.05, 4.69) is 34.0 Å². The molecule has 1 aliphatic rings. The van der Waals surface area contributed by atoms with Gasteiger partial charge in [-0.25, -0.2) is 9.97 Å². The van der Waals surface area contributed by atoms with Crippen molar-refractivity contribution in [1.29, 1.82) is 0 Å². The lowest BCUT2D eigenvalue weighted by Gasteiger charge is -2.35. The summed E-state index contributed by atoms with van der Waals surface area (Å²) >= 11 is 1.32. The average Bonchev–Trinajstić information content (AvgIpc) is 2.72. The van der Waals surface area contributed by atoms with Crippen molar-refractivity contribution in [1.82, 2.24) is 9.97 Å². The van der Waals surface area contributed by atoms with Crippen LogP contribution in [-0.4, -0.2) is 48.9 Å². The van der Waals surface area contributed by atoms with Gasteiger partial charge in [-0.05, 0) is 36.5 Å². The van der Waals surface area contributed by atoms with Gasteiger partial charge in [0.25, 0.3) is 0 Å². The van der Waals surface area contributed by atoms with Crippen LogP contribution >= 0.6 is 11.8 Å². The predicted octanol–water partition coefficient (Wildman–Crippen LogP) is 3.71. The number of amides is 1. The zero-order chi connectivity index (χ0) is 20.8. The number of methoxy groups -OCH3 is 2. The van der Waals surface area contributed by atoms with Gasteiger partial charge >= 0.3 is 0 Å². The van der Waals surface area contributed by atoms with Crippen LogP contribution in [0.2, 0.25) is 0 Å². The molecule has 1 amide bonds. The Kier molecular flexibility index (Phi) is 7.19. The predicted molar refractivity (Wildman–Crippen MR) is 116 cm³/mol. The minimum Gasteiger partial charge on any atom is -0.497 e. The van der Waals surface area contributed by atoms with Crippen molar-refractivity contribution in [2.75, 3.05) is 43.3 Å². The SMILES string of the molecule is COc1ccc(NC(=O)CSc2nccc(N3CC(C)CC(C)C3)n2)c(OC)c1. The number of rotatable bonds is 7. The number of carbonyl (C=O) groups is 1. The lowest BCUT2D eigenvalue weighted by molar-refractivity contribution is -0.113. The van der Waals surface area contributed by atoms with Crippen molar-refractivity contribution in [3.8, 4) is 11.5 Å². The summed E-state index contributed by atoms with van der Waals surface area (Å²) in [6.45, 7) is 6.56. The Morgan fingerprint density at radius 1 is 1.21 bits per heavy atom. The smallest absolute Gasteiger partial charge is 0.234 e. The van der Waals surface area contributed by atoms with Crippen molar-refractivity contribution < 1.29 is 14.3 Å². The maximum atomic E-state index is 12.4. The highest BCUT2D eigenvalue weighted by Crippen LogP contribution is 2.29. The van der Waals surface area contributed by atoms with Crippen LogP contribution in [0.3, 0.4) is 0 Å². The number of aromatic nitrogens is 2. The van der Waals surface area contributed by atoms with Crippen LogP contribution in [0, 0.1) is 11.8 Å². The number of piperidine rings is 1. The van der Waals surface area contributed by atoms with Crippen LogP contribution in [0.15, 0.2) is 35.6 Å². The van der Waals surface area contributed by atoms with Crippen LogP contribution in [0.1, 0.15) is 20.3 Å². The summed E-state index contributed by atoms with van der Waals surface area (Å²) in [6, 6.07) is 7.21. The second-order valence-corrected chi connectivity index (χ2v) is 8.39. The molecule has 1 fully saturated rings. The molecule has 8 heteroatoms. The molecular formula is C21H28N4O3S. The Bertz CT molecular complexity index is 838. The van der Waals surface area contributed by atoms with Gasteiger partial charge in [-0.1, -0.05) is 25.6 Å². The lowest BCUT2D eigenvalue weighted by atomic mass is 9.92. The molecule has 1 aliphatic heterocycles. The lowest BCUT2D eigenvalue weighted by Crippen LogP contribution is -2.39. The maximum absolute atomic E-state index is 12.4. The number of nitrogens with zero attached hydrogens (tertiary/aromatic N) is 3. The molecule has 1 N–H and O–H groups in total. The largest absolute Gasteiger partial charge is 0.497 e. The number of anilines is 2. The first kappa shape index (κ1) is 21.2. The Hall–Kier alpha value is -2.48. The third-order valence-corrected chi connectivity index (χ3v) is 5.69. The van der Waals surface area contributed by atoms with Crippen LogP contribution < -0.4 is 19.7 Å². The van der Waals surface area contributed by atoms with E-state index in [4.69, 9.17) is 9.47 Å². The fourth-order valence-corrected chi connectivity index (χ4v) is 4.27. The summed E-state index contributed by atoms with van der Waals surface area (Å²) in [5, 5.41) is 3.47. The van der Waals surface area contributed by atoms with Gasteiger partial charge in [-0.3, -0.25) is 4.79 Å². The van der Waals surface area contributed by atoms with Gasteiger partial charge in [-0.15, -0.1) is 0 Å². The summed E-state index contributed by atoms with van der Waals surface area (Å²) in [6.07, 6.45) is 3.01. The van der Waals surface area contributed by atoms with E-state index in [-0.39, 0.29) is 11.7 Å². The molecule has 0 bridgehead atoms. The van der Waals surface area contributed by atoms with Gasteiger partial charge in [0.15, 0.2) is 5.16 Å². The Morgan fingerprint density at radius 2 is 1.97 bits per heavy atom. The molecule has 0 saturated carbocycles. The Morgan fingerprint density at radius 3 is 2.66 bits per heavy atom. The van der Waals surface area contributed by atoms with E-state index in [0.717, 1.165) is 18.9 Å². The molecule has 29 heavy (non-hydrogen) atoms. The van der Waals surface area contributed by atoms with E-state index in [1.54, 1.807) is 38.6 Å². The number of hydrogen-bond acceptors (Lipinski definition) is 7. The number of hydrogen-bond donors (Lipinski definition) is 1. The van der Waals surface area contributed by atoms with Crippen LogP contribution in [0.25, 0.3) is 0 Å². The standard InChI is InChI=1S/C21H28N4O3S/c1-14-9-15(2)12-25(11-14)19-7-8-22-21(24-19)29-13-20(26)23-17-6-5-16(27-3)10-18(17)28-4/h5-8,10,14-15H,9,11-13H2,1-4H3,(H,23,26). The second kappa shape index (κ2) is 9.82. The molecule has 2 atom stereocenters. The minimum absolute atomic E-state index is 0.146. The van der Waals surface area contributed by atoms with Gasteiger partial charge in [0.05, 0.1) is 25.7 Å². The second-order valence-electron chi connectivity index (χ2n) is 7.45. The summed E-state index contributed by atoms with van der Waals surface area (Å²) in [5.41, 5.74) is 0.602. The molecule has 0 spiro atoms. The normalized spacial score (nSPS) is 19.0. The van der Waals surface area contributed by atoms with Gasteiger partial charge in [0.1, 0.15) is 17.3 Å². The van der Waals surface area contributed by atoms with E-state index in [1.165, 1.54) is 18.2 Å². The van der Waals surface area contributed by atoms with Gasteiger partial charge in [0.2, 0.25) is 5.91 Å². The van der Waals surface area contributed by atoms with Crippen molar-refractivity contribution in [3.63, 3.8) is 0 Å². The van der Waals surface area contributed by atoms with E-state index in [1.807, 2.05) is 6.07 Å². The molecule has 3 rings (SSSR count). The molecule has 156 valence electrons. The number of carbonyl (C=O) groups excluding carboxylic acids is 1. The first-order valence-corrected chi connectivity index (χ1v) is 10.7. The van der Waals surface area contributed by atoms with Crippen LogP contribution in [-0.2, 0) is 4.79 Å². The van der Waals surface area contributed by atoms with Crippen molar-refractivity contribution in [2.24, 2.45) is 11.8 Å². The van der Waals surface area contributed by atoms with Crippen molar-refractivity contribution in [2.45, 2.75) is 25.4 Å². The molecule has 1 aromatic carbocycles. The zero-order valence-corrected chi connectivity index (χ0v) is 18.2. The Labute approximate surface area is 176 Å². The number of benzene rings is 1. The fourth-order valence-electron chi connectivity index (χ4n) is 3.65. The summed E-state index contributed by atoms with van der Waals surface area (Å²) < 4.78 is 10.5. The molecule has 0 aliphatic carbocycles. The van der Waals surface area contributed by atoms with Gasteiger partial charge in [-0.2, -0.15) is 0 Å². The number of ether oxygens (including phenoxy) is 2. The van der Waals surface area contributed by atoms with Gasteiger partial charge < -0.3 is 19.7 Å². The molecule has 1 saturated heterocycles. The van der Waals surface area contributed by atoms with E-state index < -0.39 is 0 Å². The molecule has 0 radical (unpaired) electrons. The van der Waals surface area contributed by atoms with Crippen molar-refractivity contribution in [3.05, 3.63) is 30.5 Å². The summed E-state index contributed by atoms with van der Waals surface area (Å²) in [7, 11) is 3.14. The summed E-state index contributed by atoms with van der Waals surface area (Å²) in [4.78, 5) is 23.7. The van der Waals surface area contributed by atoms with Gasteiger partial charge in [0, 0.05) is 25.4 Å². The molecule has 2 aromatic rings. The first-order chi connectivity index (χ1) is 14.0. The quantitative estimate of drug-likeness (QED) is 0.545. The first-order valence-electron chi connectivity index (χ1n) is 9.71. The third kappa shape index (κ3) is 5.76. The highest BCUT2D eigenvalue weighted by Gasteiger charge is 2.23. The van der Waals surface area contributed by atoms with E-state index in [0.29, 0.717) is 34.2 Å². The zero-order valence-electron chi connectivity index (χ0n) is 17.3. The number of thioether (sulfide) groups is 1. The number of nitrogens with one attached hydrogen (secondary N) is 1.